The summed E-state index contributed by atoms with van der Waals surface area (Å²) in [6.07, 6.45) is 3.18. The van der Waals surface area contributed by atoms with Gasteiger partial charge < -0.3 is 13.7 Å². The maximum atomic E-state index is 11.7. The topological polar surface area (TPSA) is 120 Å². The quantitative estimate of drug-likeness (QED) is 0.346. The van der Waals surface area contributed by atoms with E-state index in [0.717, 1.165) is 37.3 Å². The molecule has 0 amide bonds. The molecule has 30 heavy (non-hydrogen) atoms. The van der Waals surface area contributed by atoms with Crippen LogP contribution in [-0.4, -0.2) is 34.0 Å². The van der Waals surface area contributed by atoms with Crippen LogP contribution in [0, 0.1) is 10.1 Å². The first-order valence-electron chi connectivity index (χ1n) is 9.74. The number of hydrogen-bond acceptors (Lipinski definition) is 8. The van der Waals surface area contributed by atoms with Crippen LogP contribution in [0.3, 0.4) is 0 Å². The largest absolute Gasteiger partial charge is 0.437 e. The monoisotopic (exact) mass is 411 g/mol. The molecule has 0 aliphatic carbocycles. The Hall–Kier alpha value is -3.69. The van der Waals surface area contributed by atoms with Crippen LogP contribution in [0.5, 0.6) is 0 Å². The highest BCUT2D eigenvalue weighted by Gasteiger charge is 2.25. The van der Waals surface area contributed by atoms with E-state index in [-0.39, 0.29) is 11.8 Å². The van der Waals surface area contributed by atoms with E-state index in [4.69, 9.17) is 8.83 Å². The number of aliphatic imine (C=N–C) groups is 1. The maximum absolute atomic E-state index is 11.7. The SMILES string of the molecule is CCn1nc(C2CCN(c3ccc(/N=C/c4ccc([N+](=O)[O-])o4)cc3)CC2)oc1=O. The van der Waals surface area contributed by atoms with Gasteiger partial charge in [0.2, 0.25) is 5.89 Å². The molecule has 3 aromatic rings. The number of hydrogen-bond donors (Lipinski definition) is 0. The van der Waals surface area contributed by atoms with Crippen LogP contribution in [0.15, 0.2) is 55.0 Å². The van der Waals surface area contributed by atoms with Crippen molar-refractivity contribution in [3.8, 4) is 0 Å². The highest BCUT2D eigenvalue weighted by molar-refractivity contribution is 5.79. The fourth-order valence-corrected chi connectivity index (χ4v) is 3.47. The van der Waals surface area contributed by atoms with Gasteiger partial charge in [-0.25, -0.2) is 4.79 Å². The Labute approximate surface area is 171 Å². The van der Waals surface area contributed by atoms with E-state index < -0.39 is 10.7 Å². The van der Waals surface area contributed by atoms with Gasteiger partial charge in [-0.05, 0) is 50.1 Å². The smallest absolute Gasteiger partial charge is 0.400 e. The molecule has 0 spiro atoms. The fourth-order valence-electron chi connectivity index (χ4n) is 3.47. The average Bonchev–Trinajstić information content (AvgIpc) is 3.39. The Kier molecular flexibility index (Phi) is 5.46. The molecule has 1 aliphatic heterocycles. The van der Waals surface area contributed by atoms with Crippen molar-refractivity contribution in [1.82, 2.24) is 9.78 Å². The second-order valence-electron chi connectivity index (χ2n) is 6.99. The van der Waals surface area contributed by atoms with Crippen LogP contribution in [-0.2, 0) is 6.54 Å². The standard InChI is InChI=1S/C20H21N5O5/c1-2-24-20(26)30-19(22-24)14-9-11-23(12-10-14)16-5-3-15(4-6-16)21-13-17-7-8-18(29-17)25(27)28/h3-8,13-14H,2,9-12H2,1H3/b21-13+. The molecule has 0 radical (unpaired) electrons. The lowest BCUT2D eigenvalue weighted by Crippen LogP contribution is -2.32. The van der Waals surface area contributed by atoms with Crippen molar-refractivity contribution < 1.29 is 13.8 Å². The summed E-state index contributed by atoms with van der Waals surface area (Å²) in [7, 11) is 0. The normalized spacial score (nSPS) is 15.2. The minimum absolute atomic E-state index is 0.156. The van der Waals surface area contributed by atoms with E-state index >= 15 is 0 Å². The summed E-state index contributed by atoms with van der Waals surface area (Å²) >= 11 is 0. The van der Waals surface area contributed by atoms with E-state index in [1.54, 1.807) is 0 Å². The summed E-state index contributed by atoms with van der Waals surface area (Å²) in [6, 6.07) is 10.6. The molecule has 10 heteroatoms. The van der Waals surface area contributed by atoms with Gasteiger partial charge in [0.15, 0.2) is 5.76 Å². The molecule has 156 valence electrons. The number of anilines is 1. The van der Waals surface area contributed by atoms with Gasteiger partial charge in [-0.3, -0.25) is 15.1 Å². The molecule has 4 rings (SSSR count). The summed E-state index contributed by atoms with van der Waals surface area (Å²) in [5.74, 6) is 0.309. The van der Waals surface area contributed by atoms with E-state index in [1.165, 1.54) is 23.0 Å². The predicted molar refractivity (Wildman–Crippen MR) is 110 cm³/mol. The zero-order valence-electron chi connectivity index (χ0n) is 16.4. The summed E-state index contributed by atoms with van der Waals surface area (Å²) < 4.78 is 11.7. The molecule has 0 atom stereocenters. The molecule has 2 aromatic heterocycles. The van der Waals surface area contributed by atoms with E-state index in [9.17, 15) is 14.9 Å². The third kappa shape index (κ3) is 4.17. The molecule has 1 aliphatic rings. The van der Waals surface area contributed by atoms with Crippen molar-refractivity contribution in [3.63, 3.8) is 0 Å². The Morgan fingerprint density at radius 3 is 2.53 bits per heavy atom. The maximum Gasteiger partial charge on any atom is 0.437 e. The molecule has 3 heterocycles. The Balaban J connectivity index is 1.35. The van der Waals surface area contributed by atoms with Crippen LogP contribution in [0.2, 0.25) is 0 Å². The van der Waals surface area contributed by atoms with Crippen molar-refractivity contribution in [1.29, 1.82) is 0 Å². The lowest BCUT2D eigenvalue weighted by atomic mass is 9.96. The third-order valence-corrected chi connectivity index (χ3v) is 5.11. The number of aromatic nitrogens is 2. The lowest BCUT2D eigenvalue weighted by Gasteiger charge is -2.32. The number of rotatable bonds is 6. The number of benzene rings is 1. The number of aryl methyl sites for hydroxylation is 1. The molecule has 1 fully saturated rings. The van der Waals surface area contributed by atoms with Crippen molar-refractivity contribution in [2.75, 3.05) is 18.0 Å². The molecular formula is C20H21N5O5. The zero-order valence-corrected chi connectivity index (χ0v) is 16.4. The first-order chi connectivity index (χ1) is 14.5. The van der Waals surface area contributed by atoms with Crippen LogP contribution in [0.4, 0.5) is 17.3 Å². The van der Waals surface area contributed by atoms with Crippen molar-refractivity contribution in [3.05, 3.63) is 68.7 Å². The highest BCUT2D eigenvalue weighted by atomic mass is 16.6. The number of furan rings is 1. The summed E-state index contributed by atoms with van der Waals surface area (Å²) in [6.45, 7) is 4.05. The average molecular weight is 411 g/mol. The molecule has 0 N–H and O–H groups in total. The summed E-state index contributed by atoms with van der Waals surface area (Å²) in [5.41, 5.74) is 1.81. The number of nitro groups is 1. The molecule has 0 saturated carbocycles. The van der Waals surface area contributed by atoms with Gasteiger partial charge in [-0.1, -0.05) is 0 Å². The molecule has 1 saturated heterocycles. The van der Waals surface area contributed by atoms with Gasteiger partial charge in [0.25, 0.3) is 0 Å². The molecule has 1 aromatic carbocycles. The van der Waals surface area contributed by atoms with Crippen LogP contribution in [0.1, 0.15) is 37.3 Å². The molecule has 0 unspecified atom stereocenters. The van der Waals surface area contributed by atoms with Gasteiger partial charge in [0, 0.05) is 31.2 Å². The Morgan fingerprint density at radius 2 is 1.93 bits per heavy atom. The van der Waals surface area contributed by atoms with Crippen molar-refractivity contribution in [2.45, 2.75) is 32.2 Å². The van der Waals surface area contributed by atoms with Crippen molar-refractivity contribution >= 4 is 23.5 Å². The van der Waals surface area contributed by atoms with Crippen molar-refractivity contribution in [2.24, 2.45) is 4.99 Å². The van der Waals surface area contributed by atoms with Gasteiger partial charge >= 0.3 is 11.6 Å². The fraction of sp³-hybridized carbons (Fsp3) is 0.350. The molecular weight excluding hydrogens is 390 g/mol. The number of piperidine rings is 1. The van der Waals surface area contributed by atoms with Gasteiger partial charge in [0.05, 0.1) is 18.0 Å². The first-order valence-corrected chi connectivity index (χ1v) is 9.74. The third-order valence-electron chi connectivity index (χ3n) is 5.11. The van der Waals surface area contributed by atoms with E-state index in [0.29, 0.717) is 18.2 Å². The van der Waals surface area contributed by atoms with E-state index in [2.05, 4.69) is 15.0 Å². The zero-order chi connectivity index (χ0) is 21.1. The van der Waals surface area contributed by atoms with Gasteiger partial charge in [-0.15, -0.1) is 5.10 Å². The summed E-state index contributed by atoms with van der Waals surface area (Å²) in [5, 5.41) is 14.9. The van der Waals surface area contributed by atoms with Crippen LogP contribution >= 0.6 is 0 Å². The van der Waals surface area contributed by atoms with Gasteiger partial charge in [0.1, 0.15) is 4.92 Å². The Morgan fingerprint density at radius 1 is 1.20 bits per heavy atom. The Bertz CT molecular complexity index is 1100. The minimum Gasteiger partial charge on any atom is -0.400 e. The lowest BCUT2D eigenvalue weighted by molar-refractivity contribution is -0.402. The predicted octanol–water partition coefficient (Wildman–Crippen LogP) is 3.49. The highest BCUT2D eigenvalue weighted by Crippen LogP contribution is 2.30. The summed E-state index contributed by atoms with van der Waals surface area (Å²) in [4.78, 5) is 28.3. The minimum atomic E-state index is -0.585. The second kappa shape index (κ2) is 8.36. The molecule has 0 bridgehead atoms. The molecule has 10 nitrogen and oxygen atoms in total. The first kappa shape index (κ1) is 19.6. The van der Waals surface area contributed by atoms with Crippen LogP contribution in [0.25, 0.3) is 0 Å². The van der Waals surface area contributed by atoms with Gasteiger partial charge in [-0.2, -0.15) is 4.68 Å². The number of nitrogens with zero attached hydrogens (tertiary/aromatic N) is 5. The van der Waals surface area contributed by atoms with Crippen LogP contribution < -0.4 is 10.7 Å². The van der Waals surface area contributed by atoms with E-state index in [1.807, 2.05) is 31.2 Å². The second-order valence-corrected chi connectivity index (χ2v) is 6.99.